The van der Waals surface area contributed by atoms with Crippen molar-refractivity contribution >= 4 is 24.6 Å². The average Bonchev–Trinajstić information content (AvgIpc) is 2.50. The van der Waals surface area contributed by atoms with E-state index in [2.05, 4.69) is 6.92 Å². The highest BCUT2D eigenvalue weighted by atomic mass is 32.2. The van der Waals surface area contributed by atoms with Gasteiger partial charge < -0.3 is 14.8 Å². The normalized spacial score (nSPS) is 26.0. The molecule has 1 aliphatic heterocycles. The smallest absolute Gasteiger partial charge is 0.159 e. The highest BCUT2D eigenvalue weighted by Crippen LogP contribution is 2.30. The molecule has 0 radical (unpaired) electrons. The van der Waals surface area contributed by atoms with Gasteiger partial charge in [-0.2, -0.15) is 0 Å². The fourth-order valence-electron chi connectivity index (χ4n) is 2.70. The fraction of sp³-hybridized carbons (Fsp3) is 1.00. The molecule has 0 aliphatic carbocycles. The highest BCUT2D eigenvalue weighted by Gasteiger charge is 2.26. The van der Waals surface area contributed by atoms with Gasteiger partial charge in [0.05, 0.1) is 24.4 Å². The molecule has 0 bridgehead atoms. The zero-order valence-corrected chi connectivity index (χ0v) is 15.6. The van der Waals surface area contributed by atoms with Crippen LogP contribution in [-0.4, -0.2) is 45.3 Å². The summed E-state index contributed by atoms with van der Waals surface area (Å²) in [7, 11) is 0. The van der Waals surface area contributed by atoms with Gasteiger partial charge in [0.25, 0.3) is 0 Å². The molecule has 0 aromatic heterocycles. The van der Waals surface area contributed by atoms with Gasteiger partial charge in [-0.3, -0.25) is 12.5 Å². The summed E-state index contributed by atoms with van der Waals surface area (Å²) >= 11 is 1.34. The lowest BCUT2D eigenvalue weighted by molar-refractivity contribution is 0.0316. The lowest BCUT2D eigenvalue weighted by atomic mass is 9.99. The van der Waals surface area contributed by atoms with E-state index >= 15 is 0 Å². The van der Waals surface area contributed by atoms with E-state index in [4.69, 9.17) is 17.1 Å². The van der Waals surface area contributed by atoms with Crippen LogP contribution in [0.1, 0.15) is 65.2 Å². The summed E-state index contributed by atoms with van der Waals surface area (Å²) in [5.74, 6) is 0. The maximum atomic E-state index is 9.88. The average molecular weight is 371 g/mol. The van der Waals surface area contributed by atoms with Gasteiger partial charge in [0.2, 0.25) is 0 Å². The number of hydrogen-bond donors (Lipinski definition) is 3. The Morgan fingerprint density at radius 2 is 1.96 bits per heavy atom. The summed E-state index contributed by atoms with van der Waals surface area (Å²) in [4.78, 5) is 0. The Kier molecular flexibility index (Phi) is 11.9. The van der Waals surface area contributed by atoms with Crippen molar-refractivity contribution in [3.63, 3.8) is 0 Å². The topological polar surface area (TPSA) is 88.4 Å². The summed E-state index contributed by atoms with van der Waals surface area (Å²) in [6.07, 6.45) is 5.61. The molecule has 5 atom stereocenters. The zero-order valence-electron chi connectivity index (χ0n) is 13.9. The lowest BCUT2D eigenvalue weighted by Crippen LogP contribution is -2.29. The molecule has 1 saturated heterocycles. The molecule has 3 N–H and O–H groups in total. The fourth-order valence-corrected chi connectivity index (χ4v) is 3.67. The molecule has 0 aromatic rings. The van der Waals surface area contributed by atoms with E-state index in [9.17, 15) is 10.2 Å². The van der Waals surface area contributed by atoms with E-state index in [1.54, 1.807) is 6.92 Å². The summed E-state index contributed by atoms with van der Waals surface area (Å²) in [6.45, 7) is 3.72. The second-order valence-corrected chi connectivity index (χ2v) is 7.02. The van der Waals surface area contributed by atoms with Crippen molar-refractivity contribution in [2.45, 2.75) is 95.7 Å². The van der Waals surface area contributed by atoms with Crippen molar-refractivity contribution in [1.82, 2.24) is 0 Å². The van der Waals surface area contributed by atoms with Crippen LogP contribution in [0.5, 0.6) is 0 Å². The number of aliphatic hydroxyl groups excluding tert-OH is 2. The predicted octanol–water partition coefficient (Wildman–Crippen LogP) is 3.72. The number of unbranched alkanes of at least 4 members (excludes halogenated alkanes) is 1. The minimum atomic E-state index is -0.603. The number of rotatable bonds is 12. The molecule has 0 saturated carbocycles. The van der Waals surface area contributed by atoms with Crippen molar-refractivity contribution in [2.24, 2.45) is 0 Å². The standard InChI is InChI=1S/C15H30O6S2/c1-3-6-12(17)9-14-10-13(19-23-20-14)7-4-5-8-15(11(2)16)21-22-18/h11-18H,3-10H2,1-2H3. The summed E-state index contributed by atoms with van der Waals surface area (Å²) in [5, 5.41) is 19.4. The van der Waals surface area contributed by atoms with E-state index < -0.39 is 6.10 Å². The molecule has 23 heavy (non-hydrogen) atoms. The van der Waals surface area contributed by atoms with Gasteiger partial charge in [-0.15, -0.1) is 0 Å². The molecule has 5 unspecified atom stereocenters. The van der Waals surface area contributed by atoms with Crippen molar-refractivity contribution in [3.05, 3.63) is 0 Å². The molecule has 1 heterocycles. The Morgan fingerprint density at radius 1 is 1.22 bits per heavy atom. The van der Waals surface area contributed by atoms with Crippen LogP contribution in [0.25, 0.3) is 0 Å². The molecule has 138 valence electrons. The third-order valence-electron chi connectivity index (χ3n) is 4.00. The zero-order chi connectivity index (χ0) is 17.1. The molecule has 1 aliphatic rings. The van der Waals surface area contributed by atoms with Gasteiger partial charge in [0, 0.05) is 12.8 Å². The van der Waals surface area contributed by atoms with Crippen LogP contribution in [-0.2, 0) is 12.5 Å². The lowest BCUT2D eigenvalue weighted by Gasteiger charge is -2.29. The minimum absolute atomic E-state index is 0.0413. The molecule has 1 fully saturated rings. The number of aliphatic hydroxyl groups is 2. The Balaban J connectivity index is 2.19. The first-order valence-corrected chi connectivity index (χ1v) is 9.75. The van der Waals surface area contributed by atoms with Crippen LogP contribution in [0, 0.1) is 0 Å². The van der Waals surface area contributed by atoms with E-state index in [-0.39, 0.29) is 24.4 Å². The van der Waals surface area contributed by atoms with Gasteiger partial charge in [0.1, 0.15) is 6.10 Å². The monoisotopic (exact) mass is 370 g/mol. The summed E-state index contributed by atoms with van der Waals surface area (Å²) in [6, 6.07) is 0. The third kappa shape index (κ3) is 9.50. The molecule has 6 nitrogen and oxygen atoms in total. The first-order chi connectivity index (χ1) is 11.1. The van der Waals surface area contributed by atoms with E-state index in [0.29, 0.717) is 25.2 Å². The molecule has 8 heteroatoms. The highest BCUT2D eigenvalue weighted by molar-refractivity contribution is 7.89. The Labute approximate surface area is 148 Å². The van der Waals surface area contributed by atoms with Crippen molar-refractivity contribution in [2.75, 3.05) is 0 Å². The van der Waals surface area contributed by atoms with Gasteiger partial charge >= 0.3 is 0 Å². The first-order valence-electron chi connectivity index (χ1n) is 8.38. The molecular weight excluding hydrogens is 340 g/mol. The van der Waals surface area contributed by atoms with Crippen LogP contribution in [0.3, 0.4) is 0 Å². The van der Waals surface area contributed by atoms with Crippen molar-refractivity contribution in [3.8, 4) is 0 Å². The summed E-state index contributed by atoms with van der Waals surface area (Å²) in [5.41, 5.74) is 0. The molecule has 0 aromatic carbocycles. The van der Waals surface area contributed by atoms with Crippen molar-refractivity contribution < 1.29 is 27.3 Å². The van der Waals surface area contributed by atoms with Gasteiger partial charge in [-0.25, -0.2) is 0 Å². The molecule has 0 amide bonds. The molecular formula is C15H30O6S2. The third-order valence-corrected chi connectivity index (χ3v) is 5.04. The molecule has 1 rings (SSSR count). The molecule has 0 spiro atoms. The SMILES string of the molecule is CCCC(O)CC1CC(CCCCC(OSO)C(C)O)OSO1. The maximum absolute atomic E-state index is 9.88. The second kappa shape index (κ2) is 12.8. The summed E-state index contributed by atoms with van der Waals surface area (Å²) < 4.78 is 24.8. The minimum Gasteiger partial charge on any atom is -0.393 e. The first kappa shape index (κ1) is 21.5. The Bertz CT molecular complexity index is 295. The maximum Gasteiger partial charge on any atom is 0.159 e. The van der Waals surface area contributed by atoms with Crippen molar-refractivity contribution in [1.29, 1.82) is 0 Å². The largest absolute Gasteiger partial charge is 0.393 e. The quantitative estimate of drug-likeness (QED) is 0.354. The van der Waals surface area contributed by atoms with Gasteiger partial charge in [0.15, 0.2) is 24.6 Å². The Hall–Kier alpha value is 0.460. The van der Waals surface area contributed by atoms with E-state index in [1.807, 2.05) is 0 Å². The van der Waals surface area contributed by atoms with Gasteiger partial charge in [-0.1, -0.05) is 26.2 Å². The van der Waals surface area contributed by atoms with E-state index in [1.165, 1.54) is 0 Å². The van der Waals surface area contributed by atoms with E-state index in [0.717, 1.165) is 50.8 Å². The predicted molar refractivity (Wildman–Crippen MR) is 92.7 cm³/mol. The van der Waals surface area contributed by atoms with Crippen LogP contribution in [0.15, 0.2) is 0 Å². The van der Waals surface area contributed by atoms with Crippen LogP contribution >= 0.6 is 24.6 Å². The van der Waals surface area contributed by atoms with Crippen LogP contribution in [0.4, 0.5) is 0 Å². The van der Waals surface area contributed by atoms with Gasteiger partial charge in [-0.05, 0) is 26.2 Å². The number of hydrogen-bond acceptors (Lipinski definition) is 8. The van der Waals surface area contributed by atoms with Crippen LogP contribution in [0.2, 0.25) is 0 Å². The Morgan fingerprint density at radius 3 is 2.61 bits per heavy atom. The van der Waals surface area contributed by atoms with Crippen LogP contribution < -0.4 is 0 Å². The second-order valence-electron chi connectivity index (χ2n) is 6.15.